The van der Waals surface area contributed by atoms with Crippen molar-refractivity contribution < 1.29 is 22.8 Å². The summed E-state index contributed by atoms with van der Waals surface area (Å²) in [5, 5.41) is 7.85. The van der Waals surface area contributed by atoms with Gasteiger partial charge >= 0.3 is 12.2 Å². The van der Waals surface area contributed by atoms with Crippen molar-refractivity contribution in [2.24, 2.45) is 7.05 Å². The molecule has 8 nitrogen and oxygen atoms in total. The standard InChI is InChI=1S/C16H11Cl2F3N6O2/c1-6-12-8(16(19,20)21)5-9(23-13(12)27(2)26-6)14(28)25-15(29)22-7-3-10(17)24-11(18)4-7/h3-5H,1-2H3,(H2,22,24,25,28,29). The quantitative estimate of drug-likeness (QED) is 0.580. The summed E-state index contributed by atoms with van der Waals surface area (Å²) in [4.78, 5) is 31.9. The van der Waals surface area contributed by atoms with Gasteiger partial charge in [-0.3, -0.25) is 14.8 Å². The number of carbonyl (C=O) groups is 2. The highest BCUT2D eigenvalue weighted by Gasteiger charge is 2.36. The van der Waals surface area contributed by atoms with Crippen molar-refractivity contribution in [2.45, 2.75) is 13.1 Å². The van der Waals surface area contributed by atoms with Crippen molar-refractivity contribution >= 4 is 51.9 Å². The molecule has 13 heteroatoms. The van der Waals surface area contributed by atoms with Crippen LogP contribution in [0, 0.1) is 6.92 Å². The Kier molecular flexibility index (Phi) is 5.37. The van der Waals surface area contributed by atoms with E-state index in [9.17, 15) is 22.8 Å². The van der Waals surface area contributed by atoms with Crippen LogP contribution in [0.2, 0.25) is 10.3 Å². The Morgan fingerprint density at radius 2 is 1.72 bits per heavy atom. The van der Waals surface area contributed by atoms with E-state index < -0.39 is 29.4 Å². The minimum atomic E-state index is -4.75. The molecule has 3 aromatic heterocycles. The fourth-order valence-electron chi connectivity index (χ4n) is 2.65. The number of fused-ring (bicyclic) bond motifs is 1. The molecule has 0 atom stereocenters. The molecule has 2 N–H and O–H groups in total. The Balaban J connectivity index is 1.91. The predicted octanol–water partition coefficient (Wildman–Crippen LogP) is 3.96. The molecule has 3 amide bonds. The molecule has 3 aromatic rings. The average molecular weight is 447 g/mol. The van der Waals surface area contributed by atoms with Gasteiger partial charge in [0, 0.05) is 12.7 Å². The van der Waals surface area contributed by atoms with Crippen LogP contribution in [0.3, 0.4) is 0 Å². The van der Waals surface area contributed by atoms with Crippen LogP contribution in [0.15, 0.2) is 18.2 Å². The molecule has 0 saturated carbocycles. The molecule has 0 fully saturated rings. The first-order chi connectivity index (χ1) is 13.5. The summed E-state index contributed by atoms with van der Waals surface area (Å²) in [5.74, 6) is -1.14. The molecule has 0 bridgehead atoms. The molecular formula is C16H11Cl2F3N6O2. The van der Waals surface area contributed by atoms with Gasteiger partial charge in [0.25, 0.3) is 5.91 Å². The Bertz CT molecular complexity index is 1130. The zero-order valence-electron chi connectivity index (χ0n) is 14.7. The molecule has 29 heavy (non-hydrogen) atoms. The van der Waals surface area contributed by atoms with Gasteiger partial charge in [-0.2, -0.15) is 18.3 Å². The van der Waals surface area contributed by atoms with Crippen molar-refractivity contribution in [2.75, 3.05) is 5.32 Å². The summed E-state index contributed by atoms with van der Waals surface area (Å²) in [7, 11) is 1.40. The summed E-state index contributed by atoms with van der Waals surface area (Å²) in [5.41, 5.74) is -1.59. The van der Waals surface area contributed by atoms with Gasteiger partial charge in [0.2, 0.25) is 0 Å². The number of hydrogen-bond donors (Lipinski definition) is 2. The van der Waals surface area contributed by atoms with Gasteiger partial charge in [-0.05, 0) is 25.1 Å². The highest BCUT2D eigenvalue weighted by atomic mass is 35.5. The maximum absolute atomic E-state index is 13.5. The number of urea groups is 1. The number of nitrogens with one attached hydrogen (secondary N) is 2. The monoisotopic (exact) mass is 446 g/mol. The van der Waals surface area contributed by atoms with Gasteiger partial charge in [0.15, 0.2) is 5.65 Å². The van der Waals surface area contributed by atoms with Crippen molar-refractivity contribution in [1.29, 1.82) is 0 Å². The van der Waals surface area contributed by atoms with E-state index >= 15 is 0 Å². The number of hydrogen-bond acceptors (Lipinski definition) is 5. The summed E-state index contributed by atoms with van der Waals surface area (Å²) < 4.78 is 41.5. The van der Waals surface area contributed by atoms with Crippen LogP contribution in [0.5, 0.6) is 0 Å². The number of carbonyl (C=O) groups excluding carboxylic acids is 2. The molecular weight excluding hydrogens is 436 g/mol. The highest BCUT2D eigenvalue weighted by Crippen LogP contribution is 2.36. The number of alkyl halides is 3. The molecule has 0 aliphatic rings. The summed E-state index contributed by atoms with van der Waals surface area (Å²) in [6.45, 7) is 1.40. The Labute approximate surface area is 171 Å². The molecule has 3 rings (SSSR count). The number of aromatic nitrogens is 4. The number of amides is 3. The maximum atomic E-state index is 13.5. The van der Waals surface area contributed by atoms with E-state index in [4.69, 9.17) is 23.2 Å². The maximum Gasteiger partial charge on any atom is 0.417 e. The van der Waals surface area contributed by atoms with Gasteiger partial charge in [-0.15, -0.1) is 0 Å². The van der Waals surface area contributed by atoms with E-state index in [1.54, 1.807) is 0 Å². The second-order valence-corrected chi connectivity index (χ2v) is 6.64. The van der Waals surface area contributed by atoms with Gasteiger partial charge in [-0.1, -0.05) is 23.2 Å². The van der Waals surface area contributed by atoms with Gasteiger partial charge in [-0.25, -0.2) is 14.8 Å². The topological polar surface area (TPSA) is 102 Å². The molecule has 0 spiro atoms. The molecule has 152 valence electrons. The van der Waals surface area contributed by atoms with Crippen LogP contribution in [-0.4, -0.2) is 31.7 Å². The van der Waals surface area contributed by atoms with Crippen LogP contribution in [-0.2, 0) is 13.2 Å². The van der Waals surface area contributed by atoms with E-state index in [0.29, 0.717) is 6.07 Å². The number of imide groups is 1. The zero-order chi connectivity index (χ0) is 21.5. The first kappa shape index (κ1) is 20.8. The summed E-state index contributed by atoms with van der Waals surface area (Å²) >= 11 is 11.4. The number of anilines is 1. The van der Waals surface area contributed by atoms with E-state index in [1.165, 1.54) is 26.1 Å². The SMILES string of the molecule is Cc1nn(C)c2nc(C(=O)NC(=O)Nc3cc(Cl)nc(Cl)c3)cc(C(F)(F)F)c12. The van der Waals surface area contributed by atoms with Crippen LogP contribution in [0.25, 0.3) is 11.0 Å². The van der Waals surface area contributed by atoms with Gasteiger partial charge in [0.1, 0.15) is 16.0 Å². The van der Waals surface area contributed by atoms with E-state index in [0.717, 1.165) is 4.68 Å². The number of nitrogens with zero attached hydrogens (tertiary/aromatic N) is 4. The average Bonchev–Trinajstić information content (AvgIpc) is 2.86. The Hall–Kier alpha value is -2.92. The van der Waals surface area contributed by atoms with Gasteiger partial charge in [0.05, 0.1) is 16.6 Å². The lowest BCUT2D eigenvalue weighted by Crippen LogP contribution is -2.35. The highest BCUT2D eigenvalue weighted by molar-refractivity contribution is 6.33. The third kappa shape index (κ3) is 4.40. The third-order valence-electron chi connectivity index (χ3n) is 3.75. The van der Waals surface area contributed by atoms with E-state index in [2.05, 4.69) is 20.4 Å². The molecule has 0 aliphatic heterocycles. The van der Waals surface area contributed by atoms with E-state index in [-0.39, 0.29) is 32.7 Å². The summed E-state index contributed by atoms with van der Waals surface area (Å²) in [6, 6.07) is 2.08. The van der Waals surface area contributed by atoms with Crippen molar-refractivity contribution in [1.82, 2.24) is 25.1 Å². The Morgan fingerprint density at radius 3 is 2.31 bits per heavy atom. The molecule has 0 saturated heterocycles. The predicted molar refractivity (Wildman–Crippen MR) is 99.0 cm³/mol. The molecule has 3 heterocycles. The second kappa shape index (κ2) is 7.48. The number of aryl methyl sites for hydroxylation is 2. The largest absolute Gasteiger partial charge is 0.417 e. The van der Waals surface area contributed by atoms with Crippen LogP contribution in [0.1, 0.15) is 21.7 Å². The lowest BCUT2D eigenvalue weighted by atomic mass is 10.1. The number of pyridine rings is 2. The minimum Gasteiger partial charge on any atom is -0.307 e. The van der Waals surface area contributed by atoms with Crippen molar-refractivity contribution in [3.8, 4) is 0 Å². The first-order valence-corrected chi connectivity index (χ1v) is 8.58. The number of halogens is 5. The lowest BCUT2D eigenvalue weighted by molar-refractivity contribution is -0.136. The van der Waals surface area contributed by atoms with Crippen LogP contribution >= 0.6 is 23.2 Å². The fourth-order valence-corrected chi connectivity index (χ4v) is 3.11. The van der Waals surface area contributed by atoms with Crippen LogP contribution in [0.4, 0.5) is 23.7 Å². The number of rotatable bonds is 2. The summed E-state index contributed by atoms with van der Waals surface area (Å²) in [6.07, 6.45) is -4.75. The first-order valence-electron chi connectivity index (χ1n) is 7.82. The zero-order valence-corrected chi connectivity index (χ0v) is 16.2. The van der Waals surface area contributed by atoms with Crippen molar-refractivity contribution in [3.05, 3.63) is 45.5 Å². The van der Waals surface area contributed by atoms with Gasteiger partial charge < -0.3 is 5.32 Å². The second-order valence-electron chi connectivity index (χ2n) is 5.87. The lowest BCUT2D eigenvalue weighted by Gasteiger charge is -2.11. The molecule has 0 aliphatic carbocycles. The Morgan fingerprint density at radius 1 is 1.10 bits per heavy atom. The third-order valence-corrected chi connectivity index (χ3v) is 4.14. The molecule has 0 unspecified atom stereocenters. The molecule has 0 aromatic carbocycles. The molecule has 0 radical (unpaired) electrons. The van der Waals surface area contributed by atoms with Crippen molar-refractivity contribution in [3.63, 3.8) is 0 Å². The normalized spacial score (nSPS) is 11.6. The van der Waals surface area contributed by atoms with Crippen LogP contribution < -0.4 is 10.6 Å². The fraction of sp³-hybridized carbons (Fsp3) is 0.188. The minimum absolute atomic E-state index is 0.00681. The van der Waals surface area contributed by atoms with E-state index in [1.807, 2.05) is 5.32 Å². The smallest absolute Gasteiger partial charge is 0.307 e.